The van der Waals surface area contributed by atoms with Gasteiger partial charge in [-0.1, -0.05) is 60.7 Å². The Morgan fingerprint density at radius 3 is 2.33 bits per heavy atom. The molecule has 2 atom stereocenters. The molecule has 6 heteroatoms. The molecular formula is C21H26ClN3O2. The van der Waals surface area contributed by atoms with Gasteiger partial charge >= 0.3 is 0 Å². The molecule has 1 aliphatic rings. The van der Waals surface area contributed by atoms with Gasteiger partial charge in [-0.2, -0.15) is 0 Å². The van der Waals surface area contributed by atoms with Crippen LogP contribution in [0.3, 0.4) is 0 Å². The molecule has 3 rings (SSSR count). The maximum atomic E-state index is 12.8. The predicted octanol–water partition coefficient (Wildman–Crippen LogP) is 2.68. The van der Waals surface area contributed by atoms with Crippen LogP contribution in [0.1, 0.15) is 30.0 Å². The van der Waals surface area contributed by atoms with Gasteiger partial charge in [0.1, 0.15) is 6.04 Å². The molecule has 2 amide bonds. The summed E-state index contributed by atoms with van der Waals surface area (Å²) in [6.07, 6.45) is 1.67. The Labute approximate surface area is 166 Å². The van der Waals surface area contributed by atoms with E-state index in [-0.39, 0.29) is 30.3 Å². The lowest BCUT2D eigenvalue weighted by atomic mass is 10.0. The predicted molar refractivity (Wildman–Crippen MR) is 109 cm³/mol. The van der Waals surface area contributed by atoms with Crippen molar-refractivity contribution < 1.29 is 9.59 Å². The molecule has 5 nitrogen and oxygen atoms in total. The Balaban J connectivity index is 0.00000261. The van der Waals surface area contributed by atoms with Crippen LogP contribution >= 0.6 is 12.4 Å². The third kappa shape index (κ3) is 5.08. The Bertz CT molecular complexity index is 740. The lowest BCUT2D eigenvalue weighted by Gasteiger charge is -2.31. The molecule has 0 spiro atoms. The molecule has 0 saturated carbocycles. The van der Waals surface area contributed by atoms with Gasteiger partial charge in [0, 0.05) is 20.1 Å². The number of hydrogen-bond acceptors (Lipinski definition) is 3. The largest absolute Gasteiger partial charge is 0.358 e. The first-order valence-corrected chi connectivity index (χ1v) is 9.04. The van der Waals surface area contributed by atoms with Crippen molar-refractivity contribution in [1.82, 2.24) is 15.5 Å². The lowest BCUT2D eigenvalue weighted by molar-refractivity contribution is -0.131. The van der Waals surface area contributed by atoms with Crippen molar-refractivity contribution >= 4 is 24.2 Å². The number of rotatable bonds is 6. The second kappa shape index (κ2) is 10.1. The summed E-state index contributed by atoms with van der Waals surface area (Å²) in [5.74, 6) is -0.102. The molecule has 0 aliphatic carbocycles. The van der Waals surface area contributed by atoms with Crippen LogP contribution in [0, 0.1) is 0 Å². The molecule has 2 aromatic rings. The van der Waals surface area contributed by atoms with Gasteiger partial charge in [-0.25, -0.2) is 0 Å². The molecular weight excluding hydrogens is 362 g/mol. The highest BCUT2D eigenvalue weighted by Gasteiger charge is 2.38. The summed E-state index contributed by atoms with van der Waals surface area (Å²) in [5.41, 5.74) is 1.98. The van der Waals surface area contributed by atoms with Gasteiger partial charge < -0.3 is 10.6 Å². The second-order valence-electron chi connectivity index (χ2n) is 6.53. The maximum Gasteiger partial charge on any atom is 0.241 e. The van der Waals surface area contributed by atoms with Gasteiger partial charge in [0.05, 0.1) is 6.04 Å². The van der Waals surface area contributed by atoms with Gasteiger partial charge in [-0.15, -0.1) is 12.4 Å². The topological polar surface area (TPSA) is 61.4 Å². The fourth-order valence-corrected chi connectivity index (χ4v) is 3.55. The highest BCUT2D eigenvalue weighted by Crippen LogP contribution is 2.30. The fourth-order valence-electron chi connectivity index (χ4n) is 3.55. The zero-order valence-corrected chi connectivity index (χ0v) is 16.2. The minimum absolute atomic E-state index is 0. The van der Waals surface area contributed by atoms with Crippen LogP contribution in [0.5, 0.6) is 0 Å². The van der Waals surface area contributed by atoms with Crippen molar-refractivity contribution in [3.63, 3.8) is 0 Å². The van der Waals surface area contributed by atoms with Crippen molar-refractivity contribution in [2.45, 2.75) is 31.5 Å². The molecule has 0 bridgehead atoms. The molecule has 2 aromatic carbocycles. The average molecular weight is 388 g/mol. The van der Waals surface area contributed by atoms with E-state index in [4.69, 9.17) is 0 Å². The number of hydrogen-bond donors (Lipinski definition) is 2. The standard InChI is InChI=1S/C21H25N3O2.ClH/c1-22-21(26)19(17-11-6-3-7-12-17)24-14-8-13-18(24)20(25)23-15-16-9-4-2-5-10-16;/h2-7,9-12,18-19H,8,13-15H2,1H3,(H,22,26)(H,23,25);1H/t18-,19+;/m0./s1. The number of halogens is 1. The molecule has 144 valence electrons. The third-order valence-electron chi connectivity index (χ3n) is 4.85. The normalized spacial score (nSPS) is 17.6. The molecule has 0 unspecified atom stereocenters. The number of carbonyl (C=O) groups is 2. The van der Waals surface area contributed by atoms with E-state index in [1.54, 1.807) is 7.05 Å². The molecule has 1 heterocycles. The van der Waals surface area contributed by atoms with Gasteiger partial charge in [0.2, 0.25) is 11.8 Å². The number of benzene rings is 2. The van der Waals surface area contributed by atoms with Crippen LogP contribution in [0.15, 0.2) is 60.7 Å². The Morgan fingerprint density at radius 1 is 1.07 bits per heavy atom. The summed E-state index contributed by atoms with van der Waals surface area (Å²) in [4.78, 5) is 27.4. The van der Waals surface area contributed by atoms with E-state index in [1.807, 2.05) is 65.6 Å². The highest BCUT2D eigenvalue weighted by atomic mass is 35.5. The molecule has 27 heavy (non-hydrogen) atoms. The van der Waals surface area contributed by atoms with E-state index in [2.05, 4.69) is 10.6 Å². The number of nitrogens with one attached hydrogen (secondary N) is 2. The van der Waals surface area contributed by atoms with Crippen LogP contribution in [0.25, 0.3) is 0 Å². The summed E-state index contributed by atoms with van der Waals surface area (Å²) >= 11 is 0. The van der Waals surface area contributed by atoms with Crippen molar-refractivity contribution in [2.24, 2.45) is 0 Å². The summed E-state index contributed by atoms with van der Waals surface area (Å²) in [7, 11) is 1.64. The summed E-state index contributed by atoms with van der Waals surface area (Å²) in [6.45, 7) is 1.23. The molecule has 1 fully saturated rings. The highest BCUT2D eigenvalue weighted by molar-refractivity contribution is 5.86. The smallest absolute Gasteiger partial charge is 0.241 e. The van der Waals surface area contributed by atoms with Crippen LogP contribution in [-0.2, 0) is 16.1 Å². The zero-order valence-electron chi connectivity index (χ0n) is 15.4. The van der Waals surface area contributed by atoms with Gasteiger partial charge in [-0.3, -0.25) is 14.5 Å². The summed E-state index contributed by atoms with van der Waals surface area (Å²) in [6, 6.07) is 18.8. The van der Waals surface area contributed by atoms with Gasteiger partial charge in [0.25, 0.3) is 0 Å². The zero-order chi connectivity index (χ0) is 18.4. The van der Waals surface area contributed by atoms with E-state index in [9.17, 15) is 9.59 Å². The molecule has 1 saturated heterocycles. The first-order valence-electron chi connectivity index (χ1n) is 9.04. The van der Waals surface area contributed by atoms with Crippen LogP contribution in [0.4, 0.5) is 0 Å². The quantitative estimate of drug-likeness (QED) is 0.801. The number of nitrogens with zero attached hydrogens (tertiary/aromatic N) is 1. The Morgan fingerprint density at radius 2 is 1.70 bits per heavy atom. The van der Waals surface area contributed by atoms with Crippen LogP contribution in [0.2, 0.25) is 0 Å². The SMILES string of the molecule is CNC(=O)[C@@H](c1ccccc1)N1CCC[C@H]1C(=O)NCc1ccccc1.Cl. The molecule has 1 aliphatic heterocycles. The van der Waals surface area contributed by atoms with E-state index in [0.717, 1.165) is 30.5 Å². The van der Waals surface area contributed by atoms with Crippen LogP contribution < -0.4 is 10.6 Å². The number of carbonyl (C=O) groups excluding carboxylic acids is 2. The monoisotopic (exact) mass is 387 g/mol. The van der Waals surface area contributed by atoms with Gasteiger partial charge in [0.15, 0.2) is 0 Å². The Kier molecular flexibility index (Phi) is 7.82. The third-order valence-corrected chi connectivity index (χ3v) is 4.85. The van der Waals surface area contributed by atoms with Crippen molar-refractivity contribution in [2.75, 3.05) is 13.6 Å². The maximum absolute atomic E-state index is 12.8. The van der Waals surface area contributed by atoms with Crippen molar-refractivity contribution in [1.29, 1.82) is 0 Å². The minimum atomic E-state index is -0.448. The van der Waals surface area contributed by atoms with E-state index >= 15 is 0 Å². The minimum Gasteiger partial charge on any atom is -0.358 e. The van der Waals surface area contributed by atoms with E-state index < -0.39 is 6.04 Å². The first-order chi connectivity index (χ1) is 12.7. The lowest BCUT2D eigenvalue weighted by Crippen LogP contribution is -2.48. The average Bonchev–Trinajstić information content (AvgIpc) is 3.17. The molecule has 2 N–H and O–H groups in total. The number of likely N-dealkylation sites (N-methyl/N-ethyl adjacent to an activating group) is 1. The number of likely N-dealkylation sites (tertiary alicyclic amines) is 1. The first kappa shape index (κ1) is 20.9. The van der Waals surface area contributed by atoms with E-state index in [1.165, 1.54) is 0 Å². The second-order valence-corrected chi connectivity index (χ2v) is 6.53. The van der Waals surface area contributed by atoms with Gasteiger partial charge in [-0.05, 0) is 24.0 Å². The van der Waals surface area contributed by atoms with Crippen LogP contribution in [-0.4, -0.2) is 36.3 Å². The summed E-state index contributed by atoms with van der Waals surface area (Å²) in [5, 5.41) is 5.77. The summed E-state index contributed by atoms with van der Waals surface area (Å²) < 4.78 is 0. The molecule has 0 radical (unpaired) electrons. The van der Waals surface area contributed by atoms with Crippen molar-refractivity contribution in [3.05, 3.63) is 71.8 Å². The van der Waals surface area contributed by atoms with E-state index in [0.29, 0.717) is 6.54 Å². The Hall–Kier alpha value is -2.37. The van der Waals surface area contributed by atoms with Crippen molar-refractivity contribution in [3.8, 4) is 0 Å². The number of amides is 2. The fraction of sp³-hybridized carbons (Fsp3) is 0.333. The molecule has 0 aromatic heterocycles.